The van der Waals surface area contributed by atoms with E-state index in [9.17, 15) is 4.79 Å². The third-order valence-electron chi connectivity index (χ3n) is 2.74. The number of nitrogens with zero attached hydrogens (tertiary/aromatic N) is 3. The van der Waals surface area contributed by atoms with Crippen LogP contribution >= 0.6 is 15.9 Å². The van der Waals surface area contributed by atoms with Crippen molar-refractivity contribution < 1.29 is 9.53 Å². The molecule has 0 radical (unpaired) electrons. The third kappa shape index (κ3) is 2.49. The molecule has 0 amide bonds. The van der Waals surface area contributed by atoms with Crippen molar-refractivity contribution >= 4 is 21.7 Å². The van der Waals surface area contributed by atoms with Crippen molar-refractivity contribution in [2.45, 2.75) is 31.8 Å². The Morgan fingerprint density at radius 3 is 3.00 bits per heavy atom. The van der Waals surface area contributed by atoms with Gasteiger partial charge in [-0.3, -0.25) is 4.79 Å². The Morgan fingerprint density at radius 2 is 2.44 bits per heavy atom. The molecule has 1 unspecified atom stereocenters. The van der Waals surface area contributed by atoms with Crippen LogP contribution in [0.1, 0.15) is 36.2 Å². The molecular weight excluding hydrogens is 274 g/mol. The van der Waals surface area contributed by atoms with Gasteiger partial charge in [0.05, 0.1) is 6.10 Å². The largest absolute Gasteiger partial charge is 0.378 e. The molecule has 0 aromatic carbocycles. The topological polar surface area (TPSA) is 57.0 Å². The second kappa shape index (κ2) is 5.05. The zero-order valence-electron chi connectivity index (χ0n) is 9.15. The van der Waals surface area contributed by atoms with E-state index in [2.05, 4.69) is 26.2 Å². The number of carbonyl (C=O) groups excluding carboxylic acids is 1. The fraction of sp³-hybridized carbons (Fsp3) is 0.700. The van der Waals surface area contributed by atoms with Gasteiger partial charge in [-0.15, -0.1) is 5.10 Å². The molecule has 0 bridgehead atoms. The molecule has 5 nitrogen and oxygen atoms in total. The van der Waals surface area contributed by atoms with Gasteiger partial charge < -0.3 is 4.74 Å². The lowest BCUT2D eigenvalue weighted by Crippen LogP contribution is -2.23. The highest BCUT2D eigenvalue weighted by atomic mass is 79.9. The maximum Gasteiger partial charge on any atom is 0.186 e. The zero-order valence-corrected chi connectivity index (χ0v) is 10.7. The molecular formula is C10H14BrN3O2. The van der Waals surface area contributed by atoms with Crippen molar-refractivity contribution in [3.63, 3.8) is 0 Å². The van der Waals surface area contributed by atoms with E-state index in [0.29, 0.717) is 16.7 Å². The van der Waals surface area contributed by atoms with Crippen LogP contribution in [0.25, 0.3) is 0 Å². The van der Waals surface area contributed by atoms with Gasteiger partial charge in [0.1, 0.15) is 5.69 Å². The van der Waals surface area contributed by atoms with Gasteiger partial charge in [-0.05, 0) is 35.2 Å². The molecule has 0 aliphatic carbocycles. The van der Waals surface area contributed by atoms with E-state index in [4.69, 9.17) is 4.74 Å². The second-order valence-corrected chi connectivity index (χ2v) is 4.72. The standard InChI is InChI=1S/C10H14BrN3O2/c1-14-9(10(11)12-13-14)8(15)6-7-4-2-3-5-16-7/h7H,2-6H2,1H3. The molecule has 1 aliphatic heterocycles. The predicted molar refractivity (Wildman–Crippen MR) is 61.2 cm³/mol. The van der Waals surface area contributed by atoms with Crippen LogP contribution in [0.5, 0.6) is 0 Å². The SMILES string of the molecule is Cn1nnc(Br)c1C(=O)CC1CCCCO1. The van der Waals surface area contributed by atoms with Gasteiger partial charge in [-0.1, -0.05) is 5.21 Å². The molecule has 16 heavy (non-hydrogen) atoms. The average Bonchev–Trinajstić information content (AvgIpc) is 2.60. The van der Waals surface area contributed by atoms with Crippen LogP contribution < -0.4 is 0 Å². The number of Topliss-reactive ketones (excluding diaryl/α,β-unsaturated/α-hetero) is 1. The van der Waals surface area contributed by atoms with Gasteiger partial charge in [0.2, 0.25) is 0 Å². The fourth-order valence-electron chi connectivity index (χ4n) is 1.90. The summed E-state index contributed by atoms with van der Waals surface area (Å²) in [5.41, 5.74) is 0.522. The first-order chi connectivity index (χ1) is 7.68. The minimum absolute atomic E-state index is 0.0336. The van der Waals surface area contributed by atoms with E-state index in [1.54, 1.807) is 7.05 Å². The lowest BCUT2D eigenvalue weighted by Gasteiger charge is -2.21. The van der Waals surface area contributed by atoms with Crippen molar-refractivity contribution in [2.75, 3.05) is 6.61 Å². The molecule has 1 fully saturated rings. The number of hydrogen-bond acceptors (Lipinski definition) is 4. The first kappa shape index (κ1) is 11.7. The van der Waals surface area contributed by atoms with Crippen molar-refractivity contribution in [3.05, 3.63) is 10.3 Å². The van der Waals surface area contributed by atoms with Crippen LogP contribution in [0.3, 0.4) is 0 Å². The van der Waals surface area contributed by atoms with E-state index in [-0.39, 0.29) is 11.9 Å². The molecule has 1 atom stereocenters. The van der Waals surface area contributed by atoms with Crippen molar-refractivity contribution in [3.8, 4) is 0 Å². The smallest absolute Gasteiger partial charge is 0.186 e. The number of hydrogen-bond donors (Lipinski definition) is 0. The summed E-state index contributed by atoms with van der Waals surface area (Å²) in [6.45, 7) is 0.767. The van der Waals surface area contributed by atoms with E-state index in [1.165, 1.54) is 4.68 Å². The van der Waals surface area contributed by atoms with Gasteiger partial charge in [0.15, 0.2) is 10.4 Å². The molecule has 1 saturated heterocycles. The first-order valence-electron chi connectivity index (χ1n) is 5.38. The highest BCUT2D eigenvalue weighted by Gasteiger charge is 2.22. The summed E-state index contributed by atoms with van der Waals surface area (Å²) in [6, 6.07) is 0. The summed E-state index contributed by atoms with van der Waals surface area (Å²) in [6.07, 6.45) is 3.68. The molecule has 2 heterocycles. The number of ether oxygens (including phenoxy) is 1. The molecule has 0 N–H and O–H groups in total. The Labute approximate surface area is 102 Å². The molecule has 1 aromatic rings. The van der Waals surface area contributed by atoms with Crippen LogP contribution in [0, 0.1) is 0 Å². The Hall–Kier alpha value is -0.750. The van der Waals surface area contributed by atoms with Crippen molar-refractivity contribution in [1.29, 1.82) is 0 Å². The average molecular weight is 288 g/mol. The van der Waals surface area contributed by atoms with Gasteiger partial charge in [-0.2, -0.15) is 0 Å². The highest BCUT2D eigenvalue weighted by Crippen LogP contribution is 2.20. The number of ketones is 1. The Morgan fingerprint density at radius 1 is 1.62 bits per heavy atom. The molecule has 0 saturated carbocycles. The van der Waals surface area contributed by atoms with Crippen molar-refractivity contribution in [2.24, 2.45) is 7.05 Å². The second-order valence-electron chi connectivity index (χ2n) is 3.97. The number of aryl methyl sites for hydroxylation is 1. The predicted octanol–water partition coefficient (Wildman–Crippen LogP) is 1.72. The summed E-state index contributed by atoms with van der Waals surface area (Å²) < 4.78 is 7.55. The molecule has 6 heteroatoms. The summed E-state index contributed by atoms with van der Waals surface area (Å²) in [7, 11) is 1.72. The zero-order chi connectivity index (χ0) is 11.5. The summed E-state index contributed by atoms with van der Waals surface area (Å²) in [5.74, 6) is 0.0336. The van der Waals surface area contributed by atoms with Crippen LogP contribution in [0.4, 0.5) is 0 Å². The van der Waals surface area contributed by atoms with E-state index in [1.807, 2.05) is 0 Å². The van der Waals surface area contributed by atoms with Crippen LogP contribution in [-0.4, -0.2) is 33.5 Å². The Balaban J connectivity index is 2.02. The monoisotopic (exact) mass is 287 g/mol. The maximum atomic E-state index is 12.0. The molecule has 1 aromatic heterocycles. The Bertz CT molecular complexity index is 366. The summed E-state index contributed by atoms with van der Waals surface area (Å²) in [4.78, 5) is 12.0. The quantitative estimate of drug-likeness (QED) is 0.795. The van der Waals surface area contributed by atoms with Gasteiger partial charge >= 0.3 is 0 Å². The molecule has 88 valence electrons. The van der Waals surface area contributed by atoms with Crippen LogP contribution in [-0.2, 0) is 11.8 Å². The van der Waals surface area contributed by atoms with E-state index >= 15 is 0 Å². The number of halogens is 1. The molecule has 2 rings (SSSR count). The van der Waals surface area contributed by atoms with Crippen LogP contribution in [0.2, 0.25) is 0 Å². The van der Waals surface area contributed by atoms with Crippen LogP contribution in [0.15, 0.2) is 4.60 Å². The molecule has 0 spiro atoms. The normalized spacial score (nSPS) is 21.0. The summed E-state index contributed by atoms with van der Waals surface area (Å²) in [5, 5.41) is 7.59. The lowest BCUT2D eigenvalue weighted by atomic mass is 10.0. The minimum atomic E-state index is 0.0336. The lowest BCUT2D eigenvalue weighted by molar-refractivity contribution is 0.0127. The third-order valence-corrected chi connectivity index (χ3v) is 3.27. The van der Waals surface area contributed by atoms with Gasteiger partial charge in [0, 0.05) is 20.1 Å². The number of carbonyl (C=O) groups is 1. The van der Waals surface area contributed by atoms with Gasteiger partial charge in [0.25, 0.3) is 0 Å². The number of aromatic nitrogens is 3. The van der Waals surface area contributed by atoms with E-state index in [0.717, 1.165) is 25.9 Å². The van der Waals surface area contributed by atoms with Crippen molar-refractivity contribution in [1.82, 2.24) is 15.0 Å². The molecule has 1 aliphatic rings. The maximum absolute atomic E-state index is 12.0. The van der Waals surface area contributed by atoms with Gasteiger partial charge in [-0.25, -0.2) is 4.68 Å². The fourth-order valence-corrected chi connectivity index (χ4v) is 2.45. The summed E-state index contributed by atoms with van der Waals surface area (Å²) >= 11 is 3.23. The Kier molecular flexibility index (Phi) is 3.70. The minimum Gasteiger partial charge on any atom is -0.378 e. The first-order valence-corrected chi connectivity index (χ1v) is 6.17. The van der Waals surface area contributed by atoms with E-state index < -0.39 is 0 Å². The highest BCUT2D eigenvalue weighted by molar-refractivity contribution is 9.10. The number of rotatable bonds is 3.